The van der Waals surface area contributed by atoms with Crippen LogP contribution in [0.25, 0.3) is 0 Å². The van der Waals surface area contributed by atoms with Crippen LogP contribution in [0.15, 0.2) is 12.4 Å². The standard InChI is InChI=1S/C11H19N5O/c12-10-8-11(14-9-13-10)16-3-1-2-15(4-5-16)6-7-17/h8-9,17H,1-7H2,(H2,12,13,14). The zero-order valence-electron chi connectivity index (χ0n) is 9.92. The van der Waals surface area contributed by atoms with Crippen LogP contribution in [0.1, 0.15) is 6.42 Å². The van der Waals surface area contributed by atoms with Gasteiger partial charge in [-0.15, -0.1) is 0 Å². The van der Waals surface area contributed by atoms with E-state index < -0.39 is 0 Å². The van der Waals surface area contributed by atoms with E-state index in [-0.39, 0.29) is 6.61 Å². The van der Waals surface area contributed by atoms with E-state index >= 15 is 0 Å². The molecule has 1 aliphatic heterocycles. The summed E-state index contributed by atoms with van der Waals surface area (Å²) in [4.78, 5) is 12.6. The third kappa shape index (κ3) is 3.28. The highest BCUT2D eigenvalue weighted by Gasteiger charge is 2.15. The minimum Gasteiger partial charge on any atom is -0.395 e. The maximum absolute atomic E-state index is 8.94. The van der Waals surface area contributed by atoms with Gasteiger partial charge in [0, 0.05) is 32.2 Å². The molecule has 1 fully saturated rings. The lowest BCUT2D eigenvalue weighted by Crippen LogP contribution is -2.32. The van der Waals surface area contributed by atoms with Gasteiger partial charge in [0.1, 0.15) is 18.0 Å². The van der Waals surface area contributed by atoms with Crippen LogP contribution < -0.4 is 10.6 Å². The van der Waals surface area contributed by atoms with Crippen molar-refractivity contribution in [1.29, 1.82) is 0 Å². The molecule has 2 rings (SSSR count). The van der Waals surface area contributed by atoms with Crippen LogP contribution in [-0.4, -0.2) is 59.3 Å². The van der Waals surface area contributed by atoms with Gasteiger partial charge >= 0.3 is 0 Å². The second-order valence-corrected chi connectivity index (χ2v) is 4.21. The Morgan fingerprint density at radius 2 is 2.12 bits per heavy atom. The van der Waals surface area contributed by atoms with Crippen molar-refractivity contribution in [2.45, 2.75) is 6.42 Å². The predicted molar refractivity (Wildman–Crippen MR) is 66.8 cm³/mol. The van der Waals surface area contributed by atoms with Crippen molar-refractivity contribution in [2.75, 3.05) is 50.0 Å². The smallest absolute Gasteiger partial charge is 0.134 e. The third-order valence-electron chi connectivity index (χ3n) is 3.00. The highest BCUT2D eigenvalue weighted by molar-refractivity contribution is 5.45. The molecule has 0 unspecified atom stereocenters. The summed E-state index contributed by atoms with van der Waals surface area (Å²) in [7, 11) is 0. The number of rotatable bonds is 3. The zero-order valence-corrected chi connectivity index (χ0v) is 9.92. The molecule has 0 spiro atoms. The van der Waals surface area contributed by atoms with E-state index in [2.05, 4.69) is 19.8 Å². The van der Waals surface area contributed by atoms with Crippen LogP contribution in [0.4, 0.5) is 11.6 Å². The fourth-order valence-corrected chi connectivity index (χ4v) is 2.10. The van der Waals surface area contributed by atoms with E-state index in [0.717, 1.165) is 45.0 Å². The Morgan fingerprint density at radius 1 is 1.24 bits per heavy atom. The van der Waals surface area contributed by atoms with Crippen LogP contribution in [0, 0.1) is 0 Å². The number of nitrogens with two attached hydrogens (primary N) is 1. The molecule has 1 saturated heterocycles. The first-order chi connectivity index (χ1) is 8.29. The van der Waals surface area contributed by atoms with Crippen molar-refractivity contribution in [1.82, 2.24) is 14.9 Å². The van der Waals surface area contributed by atoms with E-state index in [4.69, 9.17) is 10.8 Å². The van der Waals surface area contributed by atoms with Crippen molar-refractivity contribution in [2.24, 2.45) is 0 Å². The molecule has 0 atom stereocenters. The number of hydrogen-bond acceptors (Lipinski definition) is 6. The van der Waals surface area contributed by atoms with Gasteiger partial charge in [-0.25, -0.2) is 9.97 Å². The molecule has 6 nitrogen and oxygen atoms in total. The van der Waals surface area contributed by atoms with Gasteiger partial charge in [0.2, 0.25) is 0 Å². The van der Waals surface area contributed by atoms with Crippen LogP contribution in [0.5, 0.6) is 0 Å². The Balaban J connectivity index is 1.99. The fraction of sp³-hybridized carbons (Fsp3) is 0.636. The molecule has 94 valence electrons. The summed E-state index contributed by atoms with van der Waals surface area (Å²) in [5, 5.41) is 8.94. The average molecular weight is 237 g/mol. The first-order valence-electron chi connectivity index (χ1n) is 5.95. The number of aromatic nitrogens is 2. The summed E-state index contributed by atoms with van der Waals surface area (Å²) in [6.07, 6.45) is 2.57. The number of nitrogen functional groups attached to an aromatic ring is 1. The summed E-state index contributed by atoms with van der Waals surface area (Å²) in [6.45, 7) is 4.83. The van der Waals surface area contributed by atoms with Crippen molar-refractivity contribution in [3.8, 4) is 0 Å². The van der Waals surface area contributed by atoms with E-state index in [9.17, 15) is 0 Å². The zero-order chi connectivity index (χ0) is 12.1. The topological polar surface area (TPSA) is 78.5 Å². The molecular formula is C11H19N5O. The van der Waals surface area contributed by atoms with E-state index in [1.807, 2.05) is 6.07 Å². The number of β-amino-alcohol motifs (C(OH)–C–C–N with tert-alkyl or cyclic N) is 1. The molecule has 6 heteroatoms. The summed E-state index contributed by atoms with van der Waals surface area (Å²) < 4.78 is 0. The Kier molecular flexibility index (Phi) is 4.11. The van der Waals surface area contributed by atoms with Gasteiger partial charge in [0.25, 0.3) is 0 Å². The Morgan fingerprint density at radius 3 is 2.88 bits per heavy atom. The lowest BCUT2D eigenvalue weighted by molar-refractivity contribution is 0.204. The average Bonchev–Trinajstić information content (AvgIpc) is 2.55. The fourth-order valence-electron chi connectivity index (χ4n) is 2.10. The SMILES string of the molecule is Nc1cc(N2CCCN(CCO)CC2)ncn1. The van der Waals surface area contributed by atoms with E-state index in [1.54, 1.807) is 0 Å². The van der Waals surface area contributed by atoms with Crippen molar-refractivity contribution >= 4 is 11.6 Å². The summed E-state index contributed by atoms with van der Waals surface area (Å²) in [6, 6.07) is 1.81. The van der Waals surface area contributed by atoms with Crippen molar-refractivity contribution in [3.63, 3.8) is 0 Å². The second kappa shape index (κ2) is 5.79. The molecule has 1 aliphatic rings. The Labute approximate surface area is 101 Å². The minimum atomic E-state index is 0.223. The number of nitrogens with zero attached hydrogens (tertiary/aromatic N) is 4. The molecule has 0 bridgehead atoms. The van der Waals surface area contributed by atoms with Gasteiger partial charge in [0.15, 0.2) is 0 Å². The number of anilines is 2. The summed E-state index contributed by atoms with van der Waals surface area (Å²) in [5.41, 5.74) is 5.66. The predicted octanol–water partition coefficient (Wildman–Crippen LogP) is -0.437. The van der Waals surface area contributed by atoms with Gasteiger partial charge in [0.05, 0.1) is 6.61 Å². The molecule has 2 heterocycles. The molecule has 0 aliphatic carbocycles. The lowest BCUT2D eigenvalue weighted by Gasteiger charge is -2.22. The van der Waals surface area contributed by atoms with E-state index in [1.165, 1.54) is 6.33 Å². The van der Waals surface area contributed by atoms with Gasteiger partial charge in [-0.05, 0) is 13.0 Å². The first-order valence-corrected chi connectivity index (χ1v) is 5.95. The van der Waals surface area contributed by atoms with Gasteiger partial charge in [-0.2, -0.15) is 0 Å². The Hall–Kier alpha value is -1.40. The van der Waals surface area contributed by atoms with Gasteiger partial charge in [-0.3, -0.25) is 4.90 Å². The molecule has 0 saturated carbocycles. The lowest BCUT2D eigenvalue weighted by atomic mass is 10.3. The quantitative estimate of drug-likeness (QED) is 0.742. The normalized spacial score (nSPS) is 18.1. The van der Waals surface area contributed by atoms with Crippen LogP contribution in [0.3, 0.4) is 0 Å². The highest BCUT2D eigenvalue weighted by Crippen LogP contribution is 2.14. The largest absolute Gasteiger partial charge is 0.395 e. The third-order valence-corrected chi connectivity index (χ3v) is 3.00. The van der Waals surface area contributed by atoms with Crippen LogP contribution in [0.2, 0.25) is 0 Å². The number of hydrogen-bond donors (Lipinski definition) is 2. The second-order valence-electron chi connectivity index (χ2n) is 4.21. The molecule has 1 aromatic rings. The summed E-state index contributed by atoms with van der Waals surface area (Å²) in [5.74, 6) is 1.40. The minimum absolute atomic E-state index is 0.223. The molecule has 0 amide bonds. The van der Waals surface area contributed by atoms with Gasteiger partial charge in [-0.1, -0.05) is 0 Å². The molecule has 3 N–H and O–H groups in total. The maximum atomic E-state index is 8.94. The highest BCUT2D eigenvalue weighted by atomic mass is 16.3. The molecule has 17 heavy (non-hydrogen) atoms. The monoisotopic (exact) mass is 237 g/mol. The van der Waals surface area contributed by atoms with E-state index in [0.29, 0.717) is 5.82 Å². The molecular weight excluding hydrogens is 218 g/mol. The molecule has 1 aromatic heterocycles. The molecule has 0 radical (unpaired) electrons. The van der Waals surface area contributed by atoms with Crippen molar-refractivity contribution in [3.05, 3.63) is 12.4 Å². The number of aliphatic hydroxyl groups excluding tert-OH is 1. The summed E-state index contributed by atoms with van der Waals surface area (Å²) >= 11 is 0. The maximum Gasteiger partial charge on any atom is 0.134 e. The van der Waals surface area contributed by atoms with Crippen LogP contribution in [-0.2, 0) is 0 Å². The number of aliphatic hydroxyl groups is 1. The van der Waals surface area contributed by atoms with Crippen LogP contribution >= 0.6 is 0 Å². The molecule has 0 aromatic carbocycles. The van der Waals surface area contributed by atoms with Gasteiger partial charge < -0.3 is 15.7 Å². The van der Waals surface area contributed by atoms with Crippen molar-refractivity contribution < 1.29 is 5.11 Å². The Bertz CT molecular complexity index is 359. The first kappa shape index (κ1) is 12.1.